The van der Waals surface area contributed by atoms with Crippen LogP contribution in [0.2, 0.25) is 0 Å². The smallest absolute Gasteiger partial charge is 0.122 e. The van der Waals surface area contributed by atoms with Crippen molar-refractivity contribution in [2.24, 2.45) is 11.7 Å². The maximum atomic E-state index is 6.05. The van der Waals surface area contributed by atoms with Gasteiger partial charge in [0.25, 0.3) is 0 Å². The van der Waals surface area contributed by atoms with Crippen LogP contribution in [0, 0.1) is 5.92 Å². The van der Waals surface area contributed by atoms with Crippen LogP contribution in [0.1, 0.15) is 42.9 Å². The molecule has 0 amide bonds. The van der Waals surface area contributed by atoms with Crippen molar-refractivity contribution in [3.05, 3.63) is 29.3 Å². The number of nitrogens with two attached hydrogens (primary N) is 1. The zero-order valence-electron chi connectivity index (χ0n) is 9.61. The summed E-state index contributed by atoms with van der Waals surface area (Å²) in [5.41, 5.74) is 8.69. The lowest BCUT2D eigenvalue weighted by Gasteiger charge is -2.11. The molecular formula is C14H19NO. The summed E-state index contributed by atoms with van der Waals surface area (Å²) in [6, 6.07) is 6.52. The molecule has 1 aromatic rings. The highest BCUT2D eigenvalue weighted by atomic mass is 16.5. The van der Waals surface area contributed by atoms with Gasteiger partial charge in [-0.3, -0.25) is 0 Å². The second kappa shape index (κ2) is 4.10. The molecule has 0 saturated heterocycles. The van der Waals surface area contributed by atoms with Crippen LogP contribution in [-0.4, -0.2) is 6.61 Å². The van der Waals surface area contributed by atoms with E-state index in [1.165, 1.54) is 30.4 Å². The summed E-state index contributed by atoms with van der Waals surface area (Å²) in [4.78, 5) is 0. The van der Waals surface area contributed by atoms with Crippen molar-refractivity contribution < 1.29 is 4.74 Å². The molecule has 2 nitrogen and oxygen atoms in total. The molecule has 0 aromatic heterocycles. The Morgan fingerprint density at radius 1 is 1.25 bits per heavy atom. The molecule has 1 atom stereocenters. The van der Waals surface area contributed by atoms with Crippen LogP contribution in [0.4, 0.5) is 0 Å². The molecule has 2 heteroatoms. The minimum atomic E-state index is 0.224. The minimum Gasteiger partial charge on any atom is -0.493 e. The highest BCUT2D eigenvalue weighted by Crippen LogP contribution is 2.36. The lowest BCUT2D eigenvalue weighted by Crippen LogP contribution is -2.05. The topological polar surface area (TPSA) is 35.2 Å². The molecule has 0 radical (unpaired) electrons. The fourth-order valence-electron chi connectivity index (χ4n) is 2.53. The minimum absolute atomic E-state index is 0.224. The number of benzene rings is 1. The number of hydrogen-bond donors (Lipinski definition) is 1. The quantitative estimate of drug-likeness (QED) is 0.841. The van der Waals surface area contributed by atoms with E-state index in [-0.39, 0.29) is 6.04 Å². The first-order valence-electron chi connectivity index (χ1n) is 6.35. The standard InChI is InChI=1S/C14H19NO/c15-13-7-6-12-11(13)2-1-3-14(12)16-9-8-10-4-5-10/h1-3,10,13H,4-9,15H2. The van der Waals surface area contributed by atoms with E-state index >= 15 is 0 Å². The Hall–Kier alpha value is -1.02. The van der Waals surface area contributed by atoms with Crippen molar-refractivity contribution in [1.82, 2.24) is 0 Å². The lowest BCUT2D eigenvalue weighted by molar-refractivity contribution is 0.300. The highest BCUT2D eigenvalue weighted by Gasteiger charge is 2.23. The van der Waals surface area contributed by atoms with Crippen molar-refractivity contribution in [2.75, 3.05) is 6.61 Å². The van der Waals surface area contributed by atoms with E-state index < -0.39 is 0 Å². The van der Waals surface area contributed by atoms with Gasteiger partial charge in [-0.15, -0.1) is 0 Å². The summed E-state index contributed by atoms with van der Waals surface area (Å²) in [6.07, 6.45) is 6.17. The molecular weight excluding hydrogens is 198 g/mol. The van der Waals surface area contributed by atoms with Crippen molar-refractivity contribution in [2.45, 2.75) is 38.1 Å². The zero-order valence-corrected chi connectivity index (χ0v) is 9.61. The molecule has 2 aliphatic carbocycles. The van der Waals surface area contributed by atoms with Crippen LogP contribution < -0.4 is 10.5 Å². The lowest BCUT2D eigenvalue weighted by atomic mass is 10.1. The summed E-state index contributed by atoms with van der Waals surface area (Å²) in [5, 5.41) is 0. The van der Waals surface area contributed by atoms with Gasteiger partial charge in [-0.2, -0.15) is 0 Å². The largest absolute Gasteiger partial charge is 0.493 e. The van der Waals surface area contributed by atoms with E-state index in [1.807, 2.05) is 0 Å². The number of fused-ring (bicyclic) bond motifs is 1. The molecule has 1 saturated carbocycles. The maximum absolute atomic E-state index is 6.05. The highest BCUT2D eigenvalue weighted by molar-refractivity contribution is 5.44. The fraction of sp³-hybridized carbons (Fsp3) is 0.571. The summed E-state index contributed by atoms with van der Waals surface area (Å²) in [7, 11) is 0. The van der Waals surface area contributed by atoms with Crippen molar-refractivity contribution in [3.8, 4) is 5.75 Å². The molecule has 0 heterocycles. The van der Waals surface area contributed by atoms with Crippen LogP contribution >= 0.6 is 0 Å². The zero-order chi connectivity index (χ0) is 11.0. The molecule has 86 valence electrons. The third-order valence-corrected chi connectivity index (χ3v) is 3.75. The first-order valence-corrected chi connectivity index (χ1v) is 6.35. The van der Waals surface area contributed by atoms with E-state index in [4.69, 9.17) is 10.5 Å². The van der Waals surface area contributed by atoms with Crippen LogP contribution in [-0.2, 0) is 6.42 Å². The fourth-order valence-corrected chi connectivity index (χ4v) is 2.53. The summed E-state index contributed by atoms with van der Waals surface area (Å²) >= 11 is 0. The van der Waals surface area contributed by atoms with E-state index in [0.717, 1.165) is 31.1 Å². The molecule has 2 aliphatic rings. The Bertz CT molecular complexity index is 384. The Morgan fingerprint density at radius 2 is 2.12 bits per heavy atom. The van der Waals surface area contributed by atoms with Crippen LogP contribution in [0.25, 0.3) is 0 Å². The predicted molar refractivity (Wildman–Crippen MR) is 64.5 cm³/mol. The summed E-state index contributed by atoms with van der Waals surface area (Å²) < 4.78 is 5.89. The first kappa shape index (κ1) is 10.2. The first-order chi connectivity index (χ1) is 7.84. The normalized spacial score (nSPS) is 23.2. The van der Waals surface area contributed by atoms with Gasteiger partial charge in [-0.05, 0) is 42.4 Å². The van der Waals surface area contributed by atoms with Crippen molar-refractivity contribution in [1.29, 1.82) is 0 Å². The van der Waals surface area contributed by atoms with Gasteiger partial charge in [0.1, 0.15) is 5.75 Å². The van der Waals surface area contributed by atoms with Gasteiger partial charge in [0, 0.05) is 6.04 Å². The van der Waals surface area contributed by atoms with Crippen molar-refractivity contribution >= 4 is 0 Å². The van der Waals surface area contributed by atoms with Gasteiger partial charge in [-0.25, -0.2) is 0 Å². The van der Waals surface area contributed by atoms with Gasteiger partial charge in [-0.1, -0.05) is 25.0 Å². The van der Waals surface area contributed by atoms with Gasteiger partial charge < -0.3 is 10.5 Å². The summed E-state index contributed by atoms with van der Waals surface area (Å²) in [5.74, 6) is 2.02. The second-order valence-electron chi connectivity index (χ2n) is 5.05. The van der Waals surface area contributed by atoms with E-state index in [0.29, 0.717) is 0 Å². The van der Waals surface area contributed by atoms with E-state index in [9.17, 15) is 0 Å². The average Bonchev–Trinajstić information content (AvgIpc) is 3.04. The average molecular weight is 217 g/mol. The van der Waals surface area contributed by atoms with Gasteiger partial charge in [0.05, 0.1) is 6.61 Å². The number of ether oxygens (including phenoxy) is 1. The molecule has 1 aromatic carbocycles. The Morgan fingerprint density at radius 3 is 2.94 bits per heavy atom. The SMILES string of the molecule is NC1CCc2c(OCCC3CC3)cccc21. The molecule has 1 fully saturated rings. The van der Waals surface area contributed by atoms with E-state index in [1.54, 1.807) is 0 Å². The van der Waals surface area contributed by atoms with Crippen LogP contribution in [0.15, 0.2) is 18.2 Å². The molecule has 16 heavy (non-hydrogen) atoms. The predicted octanol–water partition coefficient (Wildman–Crippen LogP) is 2.81. The Labute approximate surface area is 96.8 Å². The maximum Gasteiger partial charge on any atom is 0.122 e. The monoisotopic (exact) mass is 217 g/mol. The molecule has 2 N–H and O–H groups in total. The van der Waals surface area contributed by atoms with Gasteiger partial charge in [0.2, 0.25) is 0 Å². The van der Waals surface area contributed by atoms with E-state index in [2.05, 4.69) is 18.2 Å². The van der Waals surface area contributed by atoms with Crippen LogP contribution in [0.3, 0.4) is 0 Å². The third-order valence-electron chi connectivity index (χ3n) is 3.75. The number of hydrogen-bond acceptors (Lipinski definition) is 2. The molecule has 3 rings (SSSR count). The molecule has 1 unspecified atom stereocenters. The third kappa shape index (κ3) is 1.94. The summed E-state index contributed by atoms with van der Waals surface area (Å²) in [6.45, 7) is 0.871. The molecule has 0 spiro atoms. The van der Waals surface area contributed by atoms with Crippen LogP contribution in [0.5, 0.6) is 5.75 Å². The molecule has 0 bridgehead atoms. The van der Waals surface area contributed by atoms with Crippen molar-refractivity contribution in [3.63, 3.8) is 0 Å². The molecule has 0 aliphatic heterocycles. The Kier molecular flexibility index (Phi) is 2.60. The van der Waals surface area contributed by atoms with Gasteiger partial charge in [0.15, 0.2) is 0 Å². The van der Waals surface area contributed by atoms with Gasteiger partial charge >= 0.3 is 0 Å². The second-order valence-corrected chi connectivity index (χ2v) is 5.05. The Balaban J connectivity index is 1.69. The number of rotatable bonds is 4.